The lowest BCUT2D eigenvalue weighted by Crippen LogP contribution is -2.10. The molecule has 1 aromatic heterocycles. The van der Waals surface area contributed by atoms with Crippen molar-refractivity contribution < 1.29 is 23.6 Å². The van der Waals surface area contributed by atoms with Gasteiger partial charge in [-0.15, -0.1) is 5.10 Å². The number of rotatable bonds is 5. The number of hydrogen-bond acceptors (Lipinski definition) is 5. The van der Waals surface area contributed by atoms with Gasteiger partial charge < -0.3 is 5.11 Å². The molecule has 2 rings (SSSR count). The average Bonchev–Trinajstić information content (AvgIpc) is 2.83. The van der Waals surface area contributed by atoms with Gasteiger partial charge in [0.05, 0.1) is 11.5 Å². The second-order valence-corrected chi connectivity index (χ2v) is 4.01. The number of benzene rings is 1. The summed E-state index contributed by atoms with van der Waals surface area (Å²) < 4.78 is 26.6. The first-order valence-electron chi connectivity index (χ1n) is 5.58. The van der Waals surface area contributed by atoms with Gasteiger partial charge in [-0.25, -0.2) is 18.3 Å². The summed E-state index contributed by atoms with van der Waals surface area (Å²) in [5, 5.41) is 26.0. The molecule has 0 unspecified atom stereocenters. The predicted octanol–water partition coefficient (Wildman–Crippen LogP) is 1.87. The third-order valence-electron chi connectivity index (χ3n) is 2.64. The first kappa shape index (κ1) is 14.5. The van der Waals surface area contributed by atoms with E-state index in [0.717, 1.165) is 0 Å². The van der Waals surface area contributed by atoms with Crippen molar-refractivity contribution >= 4 is 11.7 Å². The molecule has 0 bridgehead atoms. The number of nitrogens with zero attached hydrogens (tertiary/aromatic N) is 4. The summed E-state index contributed by atoms with van der Waals surface area (Å²) in [4.78, 5) is 20.8. The van der Waals surface area contributed by atoms with Crippen LogP contribution in [-0.4, -0.2) is 31.0 Å². The van der Waals surface area contributed by atoms with Crippen LogP contribution in [0, 0.1) is 10.1 Å². The minimum absolute atomic E-state index is 0.204. The van der Waals surface area contributed by atoms with Gasteiger partial charge >= 0.3 is 5.97 Å². The Labute approximate surface area is 115 Å². The van der Waals surface area contributed by atoms with Crippen LogP contribution < -0.4 is 0 Å². The highest BCUT2D eigenvalue weighted by atomic mass is 19.3. The molecule has 2 aromatic rings. The lowest BCUT2D eigenvalue weighted by atomic mass is 10.2. The van der Waals surface area contributed by atoms with E-state index in [1.54, 1.807) is 0 Å². The second-order valence-electron chi connectivity index (χ2n) is 4.01. The maximum absolute atomic E-state index is 12.9. The molecule has 0 radical (unpaired) electrons. The van der Waals surface area contributed by atoms with Gasteiger partial charge in [0.25, 0.3) is 12.1 Å². The van der Waals surface area contributed by atoms with Gasteiger partial charge in [-0.05, 0) is 5.56 Å². The number of non-ortho nitro benzene ring substituents is 1. The smallest absolute Gasteiger partial charge is 0.358 e. The molecule has 0 aliphatic carbocycles. The zero-order chi connectivity index (χ0) is 15.6. The van der Waals surface area contributed by atoms with Crippen LogP contribution >= 0.6 is 0 Å². The first-order chi connectivity index (χ1) is 9.90. The maximum atomic E-state index is 12.9. The zero-order valence-corrected chi connectivity index (χ0v) is 10.3. The van der Waals surface area contributed by atoms with Crippen LogP contribution in [0.25, 0.3) is 0 Å². The van der Waals surface area contributed by atoms with Crippen LogP contribution in [0.5, 0.6) is 0 Å². The Bertz CT molecular complexity index is 701. The summed E-state index contributed by atoms with van der Waals surface area (Å²) in [5.41, 5.74) is -1.55. The van der Waals surface area contributed by atoms with E-state index in [1.165, 1.54) is 24.3 Å². The third kappa shape index (κ3) is 2.99. The van der Waals surface area contributed by atoms with Crippen molar-refractivity contribution in [3.8, 4) is 0 Å². The van der Waals surface area contributed by atoms with Gasteiger partial charge in [0.1, 0.15) is 5.69 Å². The largest absolute Gasteiger partial charge is 0.476 e. The number of nitro groups is 1. The van der Waals surface area contributed by atoms with Crippen molar-refractivity contribution in [3.05, 3.63) is 51.3 Å². The van der Waals surface area contributed by atoms with Gasteiger partial charge in [0.15, 0.2) is 5.69 Å². The third-order valence-corrected chi connectivity index (χ3v) is 2.64. The average molecular weight is 298 g/mol. The Morgan fingerprint density at radius 3 is 2.76 bits per heavy atom. The van der Waals surface area contributed by atoms with E-state index >= 15 is 0 Å². The van der Waals surface area contributed by atoms with Gasteiger partial charge in [-0.1, -0.05) is 17.3 Å². The Morgan fingerprint density at radius 2 is 2.19 bits per heavy atom. The molecule has 0 spiro atoms. The van der Waals surface area contributed by atoms with Crippen LogP contribution in [-0.2, 0) is 6.54 Å². The molecule has 10 heteroatoms. The normalized spacial score (nSPS) is 10.8. The van der Waals surface area contributed by atoms with Gasteiger partial charge in [0, 0.05) is 12.1 Å². The van der Waals surface area contributed by atoms with Crippen LogP contribution in [0.1, 0.15) is 28.2 Å². The Hall–Kier alpha value is -2.91. The van der Waals surface area contributed by atoms with Crippen molar-refractivity contribution in [1.82, 2.24) is 15.0 Å². The molecule has 0 saturated carbocycles. The first-order valence-corrected chi connectivity index (χ1v) is 5.58. The molecular weight excluding hydrogens is 290 g/mol. The van der Waals surface area contributed by atoms with Gasteiger partial charge in [-0.2, -0.15) is 0 Å². The minimum Gasteiger partial charge on any atom is -0.476 e. The van der Waals surface area contributed by atoms with E-state index < -0.39 is 28.7 Å². The molecule has 1 N–H and O–H groups in total. The summed E-state index contributed by atoms with van der Waals surface area (Å²) in [6.45, 7) is -0.248. The van der Waals surface area contributed by atoms with E-state index in [4.69, 9.17) is 5.11 Å². The SMILES string of the molecule is O=C(O)c1nnn(Cc2cccc([N+](=O)[O-])c2)c1C(F)F. The number of carboxylic acid groups (broad SMARTS) is 1. The topological polar surface area (TPSA) is 111 Å². The van der Waals surface area contributed by atoms with Crippen molar-refractivity contribution in [1.29, 1.82) is 0 Å². The highest BCUT2D eigenvalue weighted by molar-refractivity contribution is 5.86. The summed E-state index contributed by atoms with van der Waals surface area (Å²) in [7, 11) is 0. The molecule has 0 saturated heterocycles. The molecule has 1 heterocycles. The molecule has 0 fully saturated rings. The number of alkyl halides is 2. The van der Waals surface area contributed by atoms with E-state index in [0.29, 0.717) is 10.2 Å². The standard InChI is InChI=1S/C11H8F2N4O4/c12-10(13)9-8(11(18)19)14-15-16(9)5-6-2-1-3-7(4-6)17(20)21/h1-4,10H,5H2,(H,18,19). The molecule has 1 aromatic carbocycles. The van der Waals surface area contributed by atoms with Gasteiger partial charge in [-0.3, -0.25) is 10.1 Å². The molecule has 110 valence electrons. The lowest BCUT2D eigenvalue weighted by Gasteiger charge is -2.06. The summed E-state index contributed by atoms with van der Waals surface area (Å²) >= 11 is 0. The highest BCUT2D eigenvalue weighted by Crippen LogP contribution is 2.23. The van der Waals surface area contributed by atoms with E-state index in [9.17, 15) is 23.7 Å². The molecule has 8 nitrogen and oxygen atoms in total. The number of aromatic carboxylic acids is 1. The Kier molecular flexibility index (Phi) is 3.87. The number of carbonyl (C=O) groups is 1. The lowest BCUT2D eigenvalue weighted by molar-refractivity contribution is -0.384. The maximum Gasteiger partial charge on any atom is 0.358 e. The quantitative estimate of drug-likeness (QED) is 0.666. The number of carboxylic acids is 1. The van der Waals surface area contributed by atoms with Crippen molar-refractivity contribution in [3.63, 3.8) is 0 Å². The minimum atomic E-state index is -3.08. The summed E-state index contributed by atoms with van der Waals surface area (Å²) in [5.74, 6) is -1.62. The number of hydrogen-bond donors (Lipinski definition) is 1. The number of nitro benzene ring substituents is 1. The second kappa shape index (κ2) is 5.61. The van der Waals surface area contributed by atoms with Gasteiger partial charge in [0.2, 0.25) is 0 Å². The molecule has 21 heavy (non-hydrogen) atoms. The Balaban J connectivity index is 2.38. The number of halogens is 2. The molecule has 0 aliphatic rings. The molecular formula is C11H8F2N4O4. The van der Waals surface area contributed by atoms with E-state index in [2.05, 4.69) is 10.3 Å². The number of aromatic nitrogens is 3. The predicted molar refractivity (Wildman–Crippen MR) is 64.1 cm³/mol. The van der Waals surface area contributed by atoms with E-state index in [1.807, 2.05) is 0 Å². The van der Waals surface area contributed by atoms with Crippen LogP contribution in [0.2, 0.25) is 0 Å². The molecule has 0 atom stereocenters. The Morgan fingerprint density at radius 1 is 1.48 bits per heavy atom. The van der Waals surface area contributed by atoms with Crippen LogP contribution in [0.4, 0.5) is 14.5 Å². The van der Waals surface area contributed by atoms with Crippen LogP contribution in [0.3, 0.4) is 0 Å². The fraction of sp³-hybridized carbons (Fsp3) is 0.182. The monoisotopic (exact) mass is 298 g/mol. The van der Waals surface area contributed by atoms with Crippen molar-refractivity contribution in [2.75, 3.05) is 0 Å². The van der Waals surface area contributed by atoms with Crippen molar-refractivity contribution in [2.24, 2.45) is 0 Å². The molecule has 0 amide bonds. The van der Waals surface area contributed by atoms with Crippen LogP contribution in [0.15, 0.2) is 24.3 Å². The highest BCUT2D eigenvalue weighted by Gasteiger charge is 2.26. The summed E-state index contributed by atoms with van der Waals surface area (Å²) in [6.07, 6.45) is -3.08. The fourth-order valence-corrected chi connectivity index (χ4v) is 1.75. The summed E-state index contributed by atoms with van der Waals surface area (Å²) in [6, 6.07) is 5.31. The molecule has 0 aliphatic heterocycles. The fourth-order valence-electron chi connectivity index (χ4n) is 1.75. The van der Waals surface area contributed by atoms with E-state index in [-0.39, 0.29) is 12.2 Å². The zero-order valence-electron chi connectivity index (χ0n) is 10.3. The van der Waals surface area contributed by atoms with Crippen molar-refractivity contribution in [2.45, 2.75) is 13.0 Å².